The SMILES string of the molecule is COCCOCCOCCOCC(=O)NCCC(NC(=O)OCc1ccccc1)C(=O)NCCCC(F)(F)C(F)(F)C(F)(F)C(F)(F)C(F)(F)C(F)(F)C(F)(F)C(F)(F)F. The van der Waals surface area contributed by atoms with E-state index in [-0.39, 0.29) is 33.0 Å². The summed E-state index contributed by atoms with van der Waals surface area (Å²) in [6.45, 7) is -1.51. The van der Waals surface area contributed by atoms with Crippen LogP contribution in [0.25, 0.3) is 0 Å². The third-order valence-electron chi connectivity index (χ3n) is 7.74. The number of nitrogens with one attached hydrogen (secondary N) is 3. The molecule has 1 aromatic carbocycles. The summed E-state index contributed by atoms with van der Waals surface area (Å²) in [5.41, 5.74) is 0.444. The van der Waals surface area contributed by atoms with Crippen LogP contribution in [0.3, 0.4) is 0 Å². The van der Waals surface area contributed by atoms with Gasteiger partial charge in [-0.05, 0) is 18.4 Å². The topological polar surface area (TPSA) is 133 Å². The largest absolute Gasteiger partial charge is 0.460 e. The Hall–Kier alpha value is -3.92. The molecule has 1 unspecified atom stereocenters. The van der Waals surface area contributed by atoms with Crippen molar-refractivity contribution in [1.82, 2.24) is 16.0 Å². The van der Waals surface area contributed by atoms with E-state index in [0.717, 1.165) is 0 Å². The molecule has 11 nitrogen and oxygen atoms in total. The fourth-order valence-electron chi connectivity index (χ4n) is 4.33. The van der Waals surface area contributed by atoms with Crippen molar-refractivity contribution in [2.45, 2.75) is 79.5 Å². The Labute approximate surface area is 328 Å². The van der Waals surface area contributed by atoms with E-state index in [1.807, 2.05) is 5.32 Å². The van der Waals surface area contributed by atoms with Crippen molar-refractivity contribution >= 4 is 17.9 Å². The van der Waals surface area contributed by atoms with Gasteiger partial charge in [0.05, 0.1) is 39.6 Å². The first-order valence-electron chi connectivity index (χ1n) is 16.9. The molecular weight excluding hydrogens is 877 g/mol. The number of carbonyl (C=O) groups is 3. The van der Waals surface area contributed by atoms with E-state index < -0.39 is 111 Å². The molecule has 3 amide bonds. The molecule has 0 aliphatic carbocycles. The summed E-state index contributed by atoms with van der Waals surface area (Å²) in [5, 5.41) is 6.03. The Kier molecular flexibility index (Phi) is 20.1. The Morgan fingerprint density at radius 3 is 1.60 bits per heavy atom. The van der Waals surface area contributed by atoms with Crippen LogP contribution in [-0.4, -0.2) is 138 Å². The maximum absolute atomic E-state index is 14.3. The molecule has 0 bridgehead atoms. The number of hydrogen-bond acceptors (Lipinski definition) is 8. The molecule has 0 aromatic heterocycles. The maximum Gasteiger partial charge on any atom is 0.460 e. The van der Waals surface area contributed by atoms with Crippen LogP contribution < -0.4 is 16.0 Å². The molecule has 60 heavy (non-hydrogen) atoms. The average Bonchev–Trinajstić information content (AvgIpc) is 3.15. The van der Waals surface area contributed by atoms with Crippen molar-refractivity contribution in [3.8, 4) is 0 Å². The number of halogens is 17. The molecule has 0 heterocycles. The van der Waals surface area contributed by atoms with Crippen molar-refractivity contribution in [1.29, 1.82) is 0 Å². The summed E-state index contributed by atoms with van der Waals surface area (Å²) in [7, 11) is 1.48. The van der Waals surface area contributed by atoms with Crippen LogP contribution in [0.1, 0.15) is 24.8 Å². The van der Waals surface area contributed by atoms with Crippen LogP contribution in [0.2, 0.25) is 0 Å². The van der Waals surface area contributed by atoms with Crippen LogP contribution in [-0.2, 0) is 39.9 Å². The number of alkyl halides is 17. The Balaban J connectivity index is 2.93. The number of benzene rings is 1. The van der Waals surface area contributed by atoms with Gasteiger partial charge >= 0.3 is 53.7 Å². The minimum absolute atomic E-state index is 0.0539. The normalized spacial score (nSPS) is 14.1. The Morgan fingerprint density at radius 2 is 1.08 bits per heavy atom. The van der Waals surface area contributed by atoms with Gasteiger partial charge < -0.3 is 39.6 Å². The molecule has 0 fully saturated rings. The van der Waals surface area contributed by atoms with Gasteiger partial charge in [0.2, 0.25) is 11.8 Å². The van der Waals surface area contributed by atoms with E-state index in [9.17, 15) is 89.0 Å². The van der Waals surface area contributed by atoms with Crippen LogP contribution >= 0.6 is 0 Å². The van der Waals surface area contributed by atoms with Crippen molar-refractivity contribution in [2.75, 3.05) is 66.4 Å². The van der Waals surface area contributed by atoms with Gasteiger partial charge in [-0.1, -0.05) is 30.3 Å². The number of hydrogen-bond donors (Lipinski definition) is 3. The molecular formula is C32H38F17N3O8. The van der Waals surface area contributed by atoms with Crippen molar-refractivity contribution in [3.63, 3.8) is 0 Å². The molecule has 1 aromatic rings. The zero-order valence-electron chi connectivity index (χ0n) is 30.8. The smallest absolute Gasteiger partial charge is 0.445 e. The lowest BCUT2D eigenvalue weighted by Crippen LogP contribution is -2.74. The van der Waals surface area contributed by atoms with Crippen LogP contribution in [0, 0.1) is 0 Å². The number of alkyl carbamates (subject to hydrolysis) is 1. The summed E-state index contributed by atoms with van der Waals surface area (Å²) < 4.78 is 255. The minimum Gasteiger partial charge on any atom is -0.445 e. The van der Waals surface area contributed by atoms with E-state index >= 15 is 0 Å². The summed E-state index contributed by atoms with van der Waals surface area (Å²) in [5.74, 6) is -59.4. The molecule has 0 saturated carbocycles. The first-order chi connectivity index (χ1) is 27.5. The fourth-order valence-corrected chi connectivity index (χ4v) is 4.33. The van der Waals surface area contributed by atoms with Crippen LogP contribution in [0.4, 0.5) is 79.4 Å². The van der Waals surface area contributed by atoms with Crippen LogP contribution in [0.5, 0.6) is 0 Å². The highest BCUT2D eigenvalue weighted by atomic mass is 19.4. The second kappa shape index (κ2) is 22.3. The standard InChI is InChI=1S/C32H38F17N3O8/c1-56-12-13-57-14-15-58-16-17-59-19-22(53)50-11-8-21(52-24(55)60-18-20-6-3-2-4-7-20)23(54)51-10-5-9-25(33,34)26(35,36)27(37,38)28(39,40)29(41,42)30(43,44)31(45,46)32(47,48)49/h2-4,6-7,21H,5,8-19H2,1H3,(H,50,53)(H,51,54)(H,52,55). The van der Waals surface area contributed by atoms with Crippen molar-refractivity contribution < 1.29 is 113 Å². The molecule has 348 valence electrons. The molecule has 0 spiro atoms. The Bertz CT molecular complexity index is 1490. The van der Waals surface area contributed by atoms with Crippen molar-refractivity contribution in [2.24, 2.45) is 0 Å². The van der Waals surface area contributed by atoms with E-state index in [0.29, 0.717) is 18.8 Å². The number of amides is 3. The number of rotatable bonds is 28. The molecule has 0 aliphatic heterocycles. The molecule has 3 N–H and O–H groups in total. The van der Waals surface area contributed by atoms with Gasteiger partial charge in [-0.3, -0.25) is 9.59 Å². The molecule has 0 aliphatic rings. The molecule has 1 atom stereocenters. The summed E-state index contributed by atoms with van der Waals surface area (Å²) in [4.78, 5) is 37.2. The first-order valence-corrected chi connectivity index (χ1v) is 16.9. The third kappa shape index (κ3) is 13.5. The predicted molar refractivity (Wildman–Crippen MR) is 168 cm³/mol. The number of carbonyl (C=O) groups excluding carboxylic acids is 3. The summed E-state index contributed by atoms with van der Waals surface area (Å²) in [6.07, 6.45) is -14.1. The van der Waals surface area contributed by atoms with E-state index in [4.69, 9.17) is 23.7 Å². The van der Waals surface area contributed by atoms with E-state index in [2.05, 4.69) is 5.32 Å². The zero-order valence-corrected chi connectivity index (χ0v) is 30.8. The lowest BCUT2D eigenvalue weighted by Gasteiger charge is -2.42. The van der Waals surface area contributed by atoms with Gasteiger partial charge in [0, 0.05) is 26.6 Å². The Morgan fingerprint density at radius 1 is 0.600 bits per heavy atom. The number of methoxy groups -OCH3 is 1. The second-order valence-corrected chi connectivity index (χ2v) is 12.2. The van der Waals surface area contributed by atoms with Gasteiger partial charge in [-0.25, -0.2) is 4.79 Å². The monoisotopic (exact) mass is 915 g/mol. The highest BCUT2D eigenvalue weighted by Crippen LogP contribution is 2.64. The van der Waals surface area contributed by atoms with Gasteiger partial charge in [0.15, 0.2) is 0 Å². The molecule has 28 heteroatoms. The minimum atomic E-state index is -8.75. The van der Waals surface area contributed by atoms with Gasteiger partial charge in [0.25, 0.3) is 0 Å². The highest BCUT2D eigenvalue weighted by Gasteiger charge is 2.95. The first kappa shape index (κ1) is 54.1. The quantitative estimate of drug-likeness (QED) is 0.0652. The molecule has 0 radical (unpaired) electrons. The number of ether oxygens (including phenoxy) is 5. The predicted octanol–water partition coefficient (Wildman–Crippen LogP) is 6.39. The molecule has 1 rings (SSSR count). The third-order valence-corrected chi connectivity index (χ3v) is 7.74. The fraction of sp³-hybridized carbons (Fsp3) is 0.719. The summed E-state index contributed by atoms with van der Waals surface area (Å²) in [6, 6.07) is 6.01. The van der Waals surface area contributed by atoms with E-state index in [1.54, 1.807) is 23.5 Å². The highest BCUT2D eigenvalue weighted by molar-refractivity contribution is 5.85. The maximum atomic E-state index is 14.3. The zero-order chi connectivity index (χ0) is 46.3. The van der Waals surface area contributed by atoms with Crippen molar-refractivity contribution in [3.05, 3.63) is 35.9 Å². The molecule has 0 saturated heterocycles. The second-order valence-electron chi connectivity index (χ2n) is 12.2. The van der Waals surface area contributed by atoms with Crippen LogP contribution in [0.15, 0.2) is 30.3 Å². The lowest BCUT2D eigenvalue weighted by molar-refractivity contribution is -0.461. The van der Waals surface area contributed by atoms with Gasteiger partial charge in [-0.2, -0.15) is 74.6 Å². The summed E-state index contributed by atoms with van der Waals surface area (Å²) >= 11 is 0. The van der Waals surface area contributed by atoms with Gasteiger partial charge in [0.1, 0.15) is 19.3 Å². The van der Waals surface area contributed by atoms with Gasteiger partial charge in [-0.15, -0.1) is 0 Å². The average molecular weight is 916 g/mol. The lowest BCUT2D eigenvalue weighted by atomic mass is 9.88. The van der Waals surface area contributed by atoms with E-state index in [1.165, 1.54) is 19.2 Å².